The van der Waals surface area contributed by atoms with Gasteiger partial charge in [-0.2, -0.15) is 0 Å². The molecule has 1 aliphatic rings. The van der Waals surface area contributed by atoms with E-state index in [1.165, 1.54) is 25.9 Å². The third-order valence-corrected chi connectivity index (χ3v) is 3.02. The Balaban J connectivity index is 2.01. The second-order valence-electron chi connectivity index (χ2n) is 6.29. The fourth-order valence-electron chi connectivity index (χ4n) is 2.21. The lowest BCUT2D eigenvalue weighted by molar-refractivity contribution is 0.0528. The number of amides is 1. The van der Waals surface area contributed by atoms with Crippen molar-refractivity contribution < 1.29 is 9.53 Å². The first-order valence-electron chi connectivity index (χ1n) is 7.29. The summed E-state index contributed by atoms with van der Waals surface area (Å²) in [6.45, 7) is 12.7. The number of hydrogen-bond donors (Lipinski definition) is 2. The van der Waals surface area contributed by atoms with Gasteiger partial charge in [-0.05, 0) is 53.6 Å². The molecule has 1 heterocycles. The Morgan fingerprint density at radius 3 is 2.47 bits per heavy atom. The van der Waals surface area contributed by atoms with Crippen molar-refractivity contribution in [1.82, 2.24) is 15.5 Å². The van der Waals surface area contributed by atoms with Crippen molar-refractivity contribution in [3.05, 3.63) is 0 Å². The van der Waals surface area contributed by atoms with Gasteiger partial charge in [0.25, 0.3) is 0 Å². The zero-order valence-corrected chi connectivity index (χ0v) is 12.8. The second kappa shape index (κ2) is 7.70. The first-order chi connectivity index (χ1) is 8.87. The van der Waals surface area contributed by atoms with Crippen LogP contribution in [0.15, 0.2) is 0 Å². The van der Waals surface area contributed by atoms with E-state index in [4.69, 9.17) is 4.74 Å². The second-order valence-corrected chi connectivity index (χ2v) is 6.29. The number of alkyl carbamates (subject to hydrolysis) is 1. The highest BCUT2D eigenvalue weighted by Gasteiger charge is 2.16. The molecule has 5 heteroatoms. The number of carbonyl (C=O) groups is 1. The molecule has 2 N–H and O–H groups in total. The zero-order chi connectivity index (χ0) is 14.3. The average Bonchev–Trinajstić information content (AvgIpc) is 2.74. The zero-order valence-electron chi connectivity index (χ0n) is 12.8. The number of hydrogen-bond acceptors (Lipinski definition) is 4. The van der Waals surface area contributed by atoms with E-state index >= 15 is 0 Å². The van der Waals surface area contributed by atoms with Crippen LogP contribution in [0.4, 0.5) is 4.79 Å². The molecule has 0 spiro atoms. The van der Waals surface area contributed by atoms with Crippen molar-refractivity contribution in [1.29, 1.82) is 0 Å². The van der Waals surface area contributed by atoms with Crippen molar-refractivity contribution in [2.45, 2.75) is 52.2 Å². The van der Waals surface area contributed by atoms with Crippen molar-refractivity contribution in [2.24, 2.45) is 0 Å². The molecule has 1 atom stereocenters. The molecule has 0 bridgehead atoms. The van der Waals surface area contributed by atoms with Gasteiger partial charge in [0.1, 0.15) is 5.60 Å². The maximum atomic E-state index is 11.4. The van der Waals surface area contributed by atoms with Crippen LogP contribution in [-0.4, -0.2) is 55.4 Å². The van der Waals surface area contributed by atoms with Crippen molar-refractivity contribution in [3.8, 4) is 0 Å². The third kappa shape index (κ3) is 8.06. The van der Waals surface area contributed by atoms with Crippen LogP contribution in [0.3, 0.4) is 0 Å². The minimum atomic E-state index is -0.430. The van der Waals surface area contributed by atoms with E-state index in [1.54, 1.807) is 0 Å². The standard InChI is InChI=1S/C14H29N3O2/c1-12(11-17-9-5-6-10-17)15-7-8-16-13(18)19-14(2,3)4/h12,15H,5-11H2,1-4H3,(H,16,18). The van der Waals surface area contributed by atoms with Gasteiger partial charge < -0.3 is 20.3 Å². The topological polar surface area (TPSA) is 53.6 Å². The molecule has 1 saturated heterocycles. The molecule has 0 aromatic heterocycles. The quantitative estimate of drug-likeness (QED) is 0.720. The highest BCUT2D eigenvalue weighted by molar-refractivity contribution is 5.67. The minimum absolute atomic E-state index is 0.346. The summed E-state index contributed by atoms with van der Waals surface area (Å²) in [4.78, 5) is 13.9. The Morgan fingerprint density at radius 1 is 1.26 bits per heavy atom. The van der Waals surface area contributed by atoms with E-state index < -0.39 is 5.60 Å². The van der Waals surface area contributed by atoms with E-state index in [2.05, 4.69) is 22.5 Å². The first kappa shape index (κ1) is 16.2. The summed E-state index contributed by atoms with van der Waals surface area (Å²) in [5.41, 5.74) is -0.430. The number of likely N-dealkylation sites (tertiary alicyclic amines) is 1. The van der Waals surface area contributed by atoms with Crippen LogP contribution in [-0.2, 0) is 4.74 Å². The predicted octanol–water partition coefficient (Wildman–Crippen LogP) is 1.58. The Kier molecular flexibility index (Phi) is 6.58. The van der Waals surface area contributed by atoms with Crippen LogP contribution in [0.2, 0.25) is 0 Å². The fourth-order valence-corrected chi connectivity index (χ4v) is 2.21. The van der Waals surface area contributed by atoms with Crippen LogP contribution in [0.1, 0.15) is 40.5 Å². The van der Waals surface area contributed by atoms with Gasteiger partial charge in [-0.25, -0.2) is 4.79 Å². The van der Waals surface area contributed by atoms with Gasteiger partial charge in [-0.15, -0.1) is 0 Å². The molecule has 1 amide bonds. The molecule has 19 heavy (non-hydrogen) atoms. The maximum Gasteiger partial charge on any atom is 0.407 e. The lowest BCUT2D eigenvalue weighted by Gasteiger charge is -2.22. The normalized spacial score (nSPS) is 18.3. The highest BCUT2D eigenvalue weighted by Crippen LogP contribution is 2.07. The maximum absolute atomic E-state index is 11.4. The van der Waals surface area contributed by atoms with Crippen LogP contribution in [0.25, 0.3) is 0 Å². The van der Waals surface area contributed by atoms with Crippen molar-refractivity contribution in [3.63, 3.8) is 0 Å². The van der Waals surface area contributed by atoms with E-state index in [1.807, 2.05) is 20.8 Å². The lowest BCUT2D eigenvalue weighted by atomic mass is 10.2. The number of carbonyl (C=O) groups excluding carboxylic acids is 1. The van der Waals surface area contributed by atoms with Gasteiger partial charge >= 0.3 is 6.09 Å². The summed E-state index contributed by atoms with van der Waals surface area (Å²) in [5, 5.41) is 6.17. The molecule has 0 radical (unpaired) electrons. The Bertz CT molecular complexity index is 270. The molecule has 0 aromatic carbocycles. The molecule has 0 aliphatic carbocycles. The predicted molar refractivity (Wildman–Crippen MR) is 77.4 cm³/mol. The van der Waals surface area contributed by atoms with Crippen molar-refractivity contribution in [2.75, 3.05) is 32.7 Å². The number of nitrogens with one attached hydrogen (secondary N) is 2. The Hall–Kier alpha value is -0.810. The van der Waals surface area contributed by atoms with Crippen molar-refractivity contribution >= 4 is 6.09 Å². The molecule has 112 valence electrons. The molecular weight excluding hydrogens is 242 g/mol. The average molecular weight is 271 g/mol. The highest BCUT2D eigenvalue weighted by atomic mass is 16.6. The molecule has 1 unspecified atom stereocenters. The SMILES string of the molecule is CC(CN1CCCC1)NCCNC(=O)OC(C)(C)C. The summed E-state index contributed by atoms with van der Waals surface area (Å²) in [7, 11) is 0. The van der Waals surface area contributed by atoms with Crippen LogP contribution >= 0.6 is 0 Å². The summed E-state index contributed by atoms with van der Waals surface area (Å²) in [6, 6.07) is 0.457. The molecule has 1 aliphatic heterocycles. The summed E-state index contributed by atoms with van der Waals surface area (Å²) in [5.74, 6) is 0. The van der Waals surface area contributed by atoms with E-state index in [-0.39, 0.29) is 6.09 Å². The summed E-state index contributed by atoms with van der Waals surface area (Å²) < 4.78 is 5.17. The molecule has 1 rings (SSSR count). The van der Waals surface area contributed by atoms with Gasteiger partial charge in [0, 0.05) is 25.7 Å². The molecule has 1 fully saturated rings. The third-order valence-electron chi connectivity index (χ3n) is 3.02. The Morgan fingerprint density at radius 2 is 1.89 bits per heavy atom. The first-order valence-corrected chi connectivity index (χ1v) is 7.29. The minimum Gasteiger partial charge on any atom is -0.444 e. The van der Waals surface area contributed by atoms with E-state index in [0.717, 1.165) is 13.1 Å². The van der Waals surface area contributed by atoms with Crippen LogP contribution < -0.4 is 10.6 Å². The number of rotatable bonds is 6. The number of ether oxygens (including phenoxy) is 1. The fraction of sp³-hybridized carbons (Fsp3) is 0.929. The van der Waals surface area contributed by atoms with E-state index in [0.29, 0.717) is 12.6 Å². The molecule has 5 nitrogen and oxygen atoms in total. The molecule has 0 saturated carbocycles. The van der Waals surface area contributed by atoms with E-state index in [9.17, 15) is 4.79 Å². The van der Waals surface area contributed by atoms with Gasteiger partial charge in [-0.3, -0.25) is 0 Å². The monoisotopic (exact) mass is 271 g/mol. The lowest BCUT2D eigenvalue weighted by Crippen LogP contribution is -2.42. The van der Waals surface area contributed by atoms with Gasteiger partial charge in [-0.1, -0.05) is 0 Å². The van der Waals surface area contributed by atoms with Gasteiger partial charge in [0.05, 0.1) is 0 Å². The smallest absolute Gasteiger partial charge is 0.407 e. The summed E-state index contributed by atoms with van der Waals surface area (Å²) >= 11 is 0. The van der Waals surface area contributed by atoms with Gasteiger partial charge in [0.15, 0.2) is 0 Å². The Labute approximate surface area is 117 Å². The molecule has 0 aromatic rings. The molecular formula is C14H29N3O2. The van der Waals surface area contributed by atoms with Crippen LogP contribution in [0, 0.1) is 0 Å². The number of nitrogens with zero attached hydrogens (tertiary/aromatic N) is 1. The largest absolute Gasteiger partial charge is 0.444 e. The van der Waals surface area contributed by atoms with Crippen LogP contribution in [0.5, 0.6) is 0 Å². The van der Waals surface area contributed by atoms with Gasteiger partial charge in [0.2, 0.25) is 0 Å². The summed E-state index contributed by atoms with van der Waals surface area (Å²) in [6.07, 6.45) is 2.31.